The Hall–Kier alpha value is -0.570. The summed E-state index contributed by atoms with van der Waals surface area (Å²) in [5.74, 6) is 2.12. The van der Waals surface area contributed by atoms with Gasteiger partial charge >= 0.3 is 5.97 Å². The number of carbonyl (C=O) groups excluding carboxylic acids is 1. The van der Waals surface area contributed by atoms with Gasteiger partial charge in [0.2, 0.25) is 0 Å². The largest absolute Gasteiger partial charge is 0.469 e. The minimum absolute atomic E-state index is 0.0515. The predicted octanol–water partition coefficient (Wildman–Crippen LogP) is 0.0149. The van der Waals surface area contributed by atoms with Crippen molar-refractivity contribution in [1.29, 1.82) is 0 Å². The Bertz CT molecular complexity index is 171. The van der Waals surface area contributed by atoms with Gasteiger partial charge in [-0.15, -0.1) is 0 Å². The van der Waals surface area contributed by atoms with E-state index in [9.17, 15) is 4.79 Å². The molecule has 0 aromatic heterocycles. The van der Waals surface area contributed by atoms with Gasteiger partial charge in [-0.1, -0.05) is 0 Å². The molecule has 0 unspecified atom stereocenters. The molecule has 1 saturated heterocycles. The third-order valence-electron chi connectivity index (χ3n) is 2.90. The molecule has 1 aliphatic heterocycles. The van der Waals surface area contributed by atoms with Crippen molar-refractivity contribution in [1.82, 2.24) is 5.32 Å². The molecule has 11 heavy (non-hydrogen) atoms. The minimum atomic E-state index is -0.0515. The summed E-state index contributed by atoms with van der Waals surface area (Å²) < 4.78 is 4.61. The first-order valence-electron chi connectivity index (χ1n) is 4.10. The molecule has 2 aliphatic rings. The molecule has 3 nitrogen and oxygen atoms in total. The Balaban J connectivity index is 1.79. The Kier molecular flexibility index (Phi) is 1.60. The first-order chi connectivity index (χ1) is 5.33. The average molecular weight is 155 g/mol. The number of ether oxygens (including phenoxy) is 1. The zero-order chi connectivity index (χ0) is 7.84. The number of fused-ring (bicyclic) bond motifs is 1. The molecule has 0 radical (unpaired) electrons. The van der Waals surface area contributed by atoms with Crippen LogP contribution in [0.2, 0.25) is 0 Å². The lowest BCUT2D eigenvalue weighted by Gasteiger charge is -2.01. The van der Waals surface area contributed by atoms with E-state index in [4.69, 9.17) is 0 Å². The second kappa shape index (κ2) is 2.48. The third kappa shape index (κ3) is 1.13. The summed E-state index contributed by atoms with van der Waals surface area (Å²) in [7, 11) is 1.46. The Morgan fingerprint density at radius 2 is 2.18 bits per heavy atom. The summed E-state index contributed by atoms with van der Waals surface area (Å²) in [6.07, 6.45) is 0.632. The van der Waals surface area contributed by atoms with Crippen LogP contribution in [0.25, 0.3) is 0 Å². The van der Waals surface area contributed by atoms with E-state index in [2.05, 4.69) is 10.1 Å². The van der Waals surface area contributed by atoms with Gasteiger partial charge in [0.05, 0.1) is 7.11 Å². The van der Waals surface area contributed by atoms with Crippen LogP contribution in [-0.4, -0.2) is 26.2 Å². The van der Waals surface area contributed by atoms with Crippen LogP contribution in [0.15, 0.2) is 0 Å². The van der Waals surface area contributed by atoms with Crippen molar-refractivity contribution in [3.8, 4) is 0 Å². The fraction of sp³-hybridized carbons (Fsp3) is 0.875. The topological polar surface area (TPSA) is 38.3 Å². The molecule has 0 aromatic carbocycles. The maximum absolute atomic E-state index is 10.9. The number of methoxy groups -OCH3 is 1. The standard InChI is InChI=1S/C8H13NO2/c1-11-8(10)2-5-6-3-9-4-7(5)6/h5-7,9H,2-4H2,1H3/t6-,7-/m0/s1. The maximum atomic E-state index is 10.9. The molecule has 1 saturated carbocycles. The van der Waals surface area contributed by atoms with E-state index in [-0.39, 0.29) is 5.97 Å². The molecular formula is C8H13NO2. The highest BCUT2D eigenvalue weighted by molar-refractivity contribution is 5.70. The summed E-state index contributed by atoms with van der Waals surface area (Å²) in [5.41, 5.74) is 0. The molecule has 0 bridgehead atoms. The van der Waals surface area contributed by atoms with E-state index in [0.29, 0.717) is 12.3 Å². The molecule has 0 spiro atoms. The second-order valence-electron chi connectivity index (χ2n) is 3.43. The normalized spacial score (nSPS) is 39.9. The van der Waals surface area contributed by atoms with E-state index >= 15 is 0 Å². The summed E-state index contributed by atoms with van der Waals surface area (Å²) in [6.45, 7) is 2.21. The van der Waals surface area contributed by atoms with Crippen molar-refractivity contribution in [3.63, 3.8) is 0 Å². The van der Waals surface area contributed by atoms with E-state index in [1.165, 1.54) is 7.11 Å². The van der Waals surface area contributed by atoms with E-state index < -0.39 is 0 Å². The van der Waals surface area contributed by atoms with Crippen LogP contribution in [0.4, 0.5) is 0 Å². The van der Waals surface area contributed by atoms with Crippen molar-refractivity contribution in [3.05, 3.63) is 0 Å². The first kappa shape index (κ1) is 7.10. The van der Waals surface area contributed by atoms with Crippen LogP contribution in [0.3, 0.4) is 0 Å². The Labute approximate surface area is 66.1 Å². The average Bonchev–Trinajstić information content (AvgIpc) is 2.52. The Morgan fingerprint density at radius 3 is 2.73 bits per heavy atom. The van der Waals surface area contributed by atoms with Crippen molar-refractivity contribution in [2.75, 3.05) is 20.2 Å². The Morgan fingerprint density at radius 1 is 1.55 bits per heavy atom. The summed E-state index contributed by atoms with van der Waals surface area (Å²) in [6, 6.07) is 0. The monoisotopic (exact) mass is 155 g/mol. The van der Waals surface area contributed by atoms with Gasteiger partial charge in [-0.2, -0.15) is 0 Å². The van der Waals surface area contributed by atoms with E-state index in [0.717, 1.165) is 24.9 Å². The molecule has 2 fully saturated rings. The van der Waals surface area contributed by atoms with E-state index in [1.807, 2.05) is 0 Å². The highest BCUT2D eigenvalue weighted by atomic mass is 16.5. The minimum Gasteiger partial charge on any atom is -0.469 e. The van der Waals surface area contributed by atoms with Crippen LogP contribution in [0.5, 0.6) is 0 Å². The van der Waals surface area contributed by atoms with Crippen LogP contribution in [0, 0.1) is 17.8 Å². The maximum Gasteiger partial charge on any atom is 0.305 e. The fourth-order valence-corrected chi connectivity index (χ4v) is 2.13. The molecule has 0 aromatic rings. The number of hydrogen-bond acceptors (Lipinski definition) is 3. The number of piperidine rings is 1. The van der Waals surface area contributed by atoms with Crippen molar-refractivity contribution in [2.24, 2.45) is 17.8 Å². The fourth-order valence-electron chi connectivity index (χ4n) is 2.13. The molecule has 3 heteroatoms. The van der Waals surface area contributed by atoms with Gasteiger partial charge in [-0.3, -0.25) is 4.79 Å². The van der Waals surface area contributed by atoms with Gasteiger partial charge < -0.3 is 10.1 Å². The number of carbonyl (C=O) groups is 1. The summed E-state index contributed by atoms with van der Waals surface area (Å²) in [5, 5.41) is 3.29. The van der Waals surface area contributed by atoms with Gasteiger partial charge in [0.15, 0.2) is 0 Å². The lowest BCUT2D eigenvalue weighted by molar-refractivity contribution is -0.141. The van der Waals surface area contributed by atoms with Gasteiger partial charge in [0, 0.05) is 6.42 Å². The predicted molar refractivity (Wildman–Crippen MR) is 40.0 cm³/mol. The molecule has 1 aliphatic carbocycles. The van der Waals surface area contributed by atoms with Gasteiger partial charge in [-0.05, 0) is 30.8 Å². The molecule has 1 N–H and O–H groups in total. The number of nitrogens with one attached hydrogen (secondary N) is 1. The lowest BCUT2D eigenvalue weighted by Crippen LogP contribution is -2.16. The second-order valence-corrected chi connectivity index (χ2v) is 3.43. The number of hydrogen-bond donors (Lipinski definition) is 1. The lowest BCUT2D eigenvalue weighted by atomic mass is 10.2. The smallest absolute Gasteiger partial charge is 0.305 e. The first-order valence-corrected chi connectivity index (χ1v) is 4.10. The summed E-state index contributed by atoms with van der Waals surface area (Å²) in [4.78, 5) is 10.9. The number of rotatable bonds is 2. The van der Waals surface area contributed by atoms with E-state index in [1.54, 1.807) is 0 Å². The quantitative estimate of drug-likeness (QED) is 0.571. The zero-order valence-electron chi connectivity index (χ0n) is 6.67. The number of esters is 1. The van der Waals surface area contributed by atoms with Gasteiger partial charge in [0.25, 0.3) is 0 Å². The molecule has 0 amide bonds. The molecule has 62 valence electrons. The van der Waals surface area contributed by atoms with Crippen LogP contribution in [0.1, 0.15) is 6.42 Å². The van der Waals surface area contributed by atoms with Crippen LogP contribution in [-0.2, 0) is 9.53 Å². The third-order valence-corrected chi connectivity index (χ3v) is 2.90. The molecule has 1 heterocycles. The zero-order valence-corrected chi connectivity index (χ0v) is 6.67. The van der Waals surface area contributed by atoms with Gasteiger partial charge in [0.1, 0.15) is 0 Å². The van der Waals surface area contributed by atoms with Crippen LogP contribution < -0.4 is 5.32 Å². The molecular weight excluding hydrogens is 142 g/mol. The van der Waals surface area contributed by atoms with Crippen LogP contribution >= 0.6 is 0 Å². The van der Waals surface area contributed by atoms with Crippen molar-refractivity contribution < 1.29 is 9.53 Å². The van der Waals surface area contributed by atoms with Gasteiger partial charge in [-0.25, -0.2) is 0 Å². The van der Waals surface area contributed by atoms with Crippen molar-refractivity contribution in [2.45, 2.75) is 6.42 Å². The highest BCUT2D eigenvalue weighted by Gasteiger charge is 2.53. The summed E-state index contributed by atoms with van der Waals surface area (Å²) >= 11 is 0. The van der Waals surface area contributed by atoms with Crippen molar-refractivity contribution >= 4 is 5.97 Å². The SMILES string of the molecule is COC(=O)CC1[C@@H]2CNC[C@@H]12. The highest BCUT2D eigenvalue weighted by Crippen LogP contribution is 2.50. The molecule has 2 atom stereocenters. The molecule has 2 rings (SSSR count).